The minimum Gasteiger partial charge on any atom is -0.395 e. The van der Waals surface area contributed by atoms with Crippen molar-refractivity contribution in [3.8, 4) is 0 Å². The molecule has 0 fully saturated rings. The summed E-state index contributed by atoms with van der Waals surface area (Å²) in [5.74, 6) is -1.59. The first kappa shape index (κ1) is 18.7. The molecule has 25 heavy (non-hydrogen) atoms. The molecule has 132 valence electrons. The molecule has 0 saturated heterocycles. The molecule has 0 bridgehead atoms. The van der Waals surface area contributed by atoms with Crippen molar-refractivity contribution in [1.29, 1.82) is 0 Å². The number of rotatable bonds is 7. The number of non-ortho nitro benzene ring substituents is 1. The van der Waals surface area contributed by atoms with Gasteiger partial charge in [-0.1, -0.05) is 12.1 Å². The molecule has 0 saturated carbocycles. The normalized spacial score (nSPS) is 13.0. The van der Waals surface area contributed by atoms with Crippen molar-refractivity contribution < 1.29 is 19.1 Å². The van der Waals surface area contributed by atoms with Crippen LogP contribution in [0, 0.1) is 20.2 Å². The predicted molar refractivity (Wildman–Crippen MR) is 89.0 cm³/mol. The van der Waals surface area contributed by atoms with Crippen molar-refractivity contribution in [1.82, 2.24) is 5.32 Å². The maximum Gasteiger partial charge on any atom is 0.433 e. The maximum absolute atomic E-state index is 12.1. The SMILES string of the molecule is O=C(N[C@@H](CCl)[C@H](Cl)c1ccc([N+](=O)[O-])cc1)c1ccc([N+](=O)[O-])o1. The van der Waals surface area contributed by atoms with Gasteiger partial charge in [-0.2, -0.15) is 0 Å². The van der Waals surface area contributed by atoms with Crippen LogP contribution in [0.3, 0.4) is 0 Å². The third kappa shape index (κ3) is 4.46. The molecule has 0 unspecified atom stereocenters. The molecule has 0 aliphatic rings. The number of halogens is 2. The van der Waals surface area contributed by atoms with E-state index in [1.165, 1.54) is 24.3 Å². The Morgan fingerprint density at radius 2 is 1.76 bits per heavy atom. The first-order chi connectivity index (χ1) is 11.8. The fourth-order valence-electron chi connectivity index (χ4n) is 1.99. The third-order valence-electron chi connectivity index (χ3n) is 3.25. The fourth-order valence-corrected chi connectivity index (χ4v) is 2.63. The number of hydrogen-bond donors (Lipinski definition) is 1. The first-order valence-corrected chi connectivity index (χ1v) is 7.80. The van der Waals surface area contributed by atoms with Crippen LogP contribution in [0.2, 0.25) is 0 Å². The van der Waals surface area contributed by atoms with Crippen LogP contribution in [0.5, 0.6) is 0 Å². The predicted octanol–water partition coefficient (Wildman–Crippen LogP) is 3.41. The van der Waals surface area contributed by atoms with Gasteiger partial charge in [-0.15, -0.1) is 23.2 Å². The summed E-state index contributed by atoms with van der Waals surface area (Å²) in [6, 6.07) is 6.97. The summed E-state index contributed by atoms with van der Waals surface area (Å²) >= 11 is 12.1. The van der Waals surface area contributed by atoms with E-state index < -0.39 is 33.1 Å². The topological polar surface area (TPSA) is 129 Å². The van der Waals surface area contributed by atoms with Gasteiger partial charge in [0, 0.05) is 18.0 Å². The average molecular weight is 388 g/mol. The molecule has 1 aromatic heterocycles. The van der Waals surface area contributed by atoms with Gasteiger partial charge in [0.1, 0.15) is 4.92 Å². The zero-order valence-electron chi connectivity index (χ0n) is 12.4. The molecule has 1 amide bonds. The fraction of sp³-hybridized carbons (Fsp3) is 0.214. The van der Waals surface area contributed by atoms with Crippen molar-refractivity contribution in [2.24, 2.45) is 0 Å². The average Bonchev–Trinajstić information content (AvgIpc) is 3.09. The number of nitro groups is 2. The second kappa shape index (κ2) is 7.95. The minimum absolute atomic E-state index is 0.0559. The van der Waals surface area contributed by atoms with Gasteiger partial charge in [-0.25, -0.2) is 0 Å². The van der Waals surface area contributed by atoms with Crippen molar-refractivity contribution in [3.63, 3.8) is 0 Å². The molecule has 0 aliphatic carbocycles. The van der Waals surface area contributed by atoms with Gasteiger partial charge in [-0.05, 0) is 11.6 Å². The van der Waals surface area contributed by atoms with Crippen LogP contribution < -0.4 is 5.32 Å². The zero-order chi connectivity index (χ0) is 18.6. The van der Waals surface area contributed by atoms with Crippen LogP contribution >= 0.6 is 23.2 Å². The maximum atomic E-state index is 12.1. The number of carbonyl (C=O) groups is 1. The summed E-state index contributed by atoms with van der Waals surface area (Å²) in [4.78, 5) is 32.0. The Labute approximate surface area is 150 Å². The Bertz CT molecular complexity index is 792. The summed E-state index contributed by atoms with van der Waals surface area (Å²) in [6.45, 7) is 0. The van der Waals surface area contributed by atoms with E-state index in [1.54, 1.807) is 0 Å². The van der Waals surface area contributed by atoms with Crippen molar-refractivity contribution in [2.45, 2.75) is 11.4 Å². The Balaban J connectivity index is 2.10. The summed E-state index contributed by atoms with van der Waals surface area (Å²) in [6.07, 6.45) is 0. The van der Waals surface area contributed by atoms with E-state index in [4.69, 9.17) is 27.6 Å². The molecule has 1 heterocycles. The van der Waals surface area contributed by atoms with E-state index in [-0.39, 0.29) is 17.3 Å². The summed E-state index contributed by atoms with van der Waals surface area (Å²) in [5.41, 5.74) is 0.422. The number of hydrogen-bond acceptors (Lipinski definition) is 6. The first-order valence-electron chi connectivity index (χ1n) is 6.83. The molecule has 2 rings (SSSR count). The Morgan fingerprint density at radius 1 is 1.12 bits per heavy atom. The highest BCUT2D eigenvalue weighted by atomic mass is 35.5. The number of nitrogens with one attached hydrogen (secondary N) is 1. The van der Waals surface area contributed by atoms with E-state index in [2.05, 4.69) is 5.32 Å². The number of furan rings is 1. The number of nitrogens with zero attached hydrogens (tertiary/aromatic N) is 2. The molecule has 2 aromatic rings. The van der Waals surface area contributed by atoms with E-state index in [9.17, 15) is 25.0 Å². The second-order valence-electron chi connectivity index (χ2n) is 4.88. The minimum atomic E-state index is -0.771. The lowest BCUT2D eigenvalue weighted by atomic mass is 10.1. The van der Waals surface area contributed by atoms with Gasteiger partial charge in [0.25, 0.3) is 11.6 Å². The molecular formula is C14H11Cl2N3O6. The summed E-state index contributed by atoms with van der Waals surface area (Å²) < 4.78 is 4.81. The molecule has 2 atom stereocenters. The quantitative estimate of drug-likeness (QED) is 0.440. The van der Waals surface area contributed by atoms with E-state index in [0.29, 0.717) is 5.56 Å². The zero-order valence-corrected chi connectivity index (χ0v) is 13.9. The van der Waals surface area contributed by atoms with Gasteiger partial charge in [-0.3, -0.25) is 25.0 Å². The molecule has 11 heteroatoms. The summed E-state index contributed by atoms with van der Waals surface area (Å²) in [5, 5.41) is 23.0. The molecule has 0 radical (unpaired) electrons. The smallest absolute Gasteiger partial charge is 0.395 e. The van der Waals surface area contributed by atoms with Crippen molar-refractivity contribution in [2.75, 3.05) is 5.88 Å². The van der Waals surface area contributed by atoms with Gasteiger partial charge in [0.05, 0.1) is 22.4 Å². The van der Waals surface area contributed by atoms with Crippen molar-refractivity contribution >= 4 is 40.7 Å². The highest BCUT2D eigenvalue weighted by molar-refractivity contribution is 6.23. The number of benzene rings is 1. The largest absolute Gasteiger partial charge is 0.433 e. The number of alkyl halides is 2. The number of amides is 1. The molecule has 0 spiro atoms. The van der Waals surface area contributed by atoms with Gasteiger partial charge >= 0.3 is 5.88 Å². The number of nitro benzene ring substituents is 1. The van der Waals surface area contributed by atoms with E-state index >= 15 is 0 Å². The second-order valence-corrected chi connectivity index (χ2v) is 5.66. The standard InChI is InChI=1S/C14H11Cl2N3O6/c15-7-10(13(16)8-1-3-9(4-2-8)18(21)22)17-14(20)11-5-6-12(25-11)19(23)24/h1-6,10,13H,7H2,(H,17,20)/t10-,13+/m0/s1. The Kier molecular flexibility index (Phi) is 5.94. The van der Waals surface area contributed by atoms with Crippen LogP contribution in [0.4, 0.5) is 11.6 Å². The molecule has 0 aliphatic heterocycles. The highest BCUT2D eigenvalue weighted by Crippen LogP contribution is 2.27. The lowest BCUT2D eigenvalue weighted by molar-refractivity contribution is -0.402. The molecular weight excluding hydrogens is 377 g/mol. The van der Waals surface area contributed by atoms with Gasteiger partial charge in [0.15, 0.2) is 5.76 Å². The van der Waals surface area contributed by atoms with E-state index in [0.717, 1.165) is 12.1 Å². The molecule has 1 aromatic carbocycles. The Morgan fingerprint density at radius 3 is 2.24 bits per heavy atom. The lowest BCUT2D eigenvalue weighted by Gasteiger charge is -2.21. The molecule has 1 N–H and O–H groups in total. The van der Waals surface area contributed by atoms with Gasteiger partial charge < -0.3 is 9.73 Å². The lowest BCUT2D eigenvalue weighted by Crippen LogP contribution is -2.39. The van der Waals surface area contributed by atoms with Crippen LogP contribution in [-0.2, 0) is 0 Å². The summed E-state index contributed by atoms with van der Waals surface area (Å²) in [7, 11) is 0. The molecule has 9 nitrogen and oxygen atoms in total. The third-order valence-corrected chi connectivity index (χ3v) is 4.14. The Hall–Kier alpha value is -2.65. The van der Waals surface area contributed by atoms with E-state index in [1.807, 2.05) is 0 Å². The van der Waals surface area contributed by atoms with Crippen molar-refractivity contribution in [3.05, 3.63) is 68.0 Å². The van der Waals surface area contributed by atoms with Crippen LogP contribution in [0.15, 0.2) is 40.8 Å². The van der Waals surface area contributed by atoms with Crippen LogP contribution in [-0.4, -0.2) is 27.7 Å². The van der Waals surface area contributed by atoms with Crippen LogP contribution in [0.1, 0.15) is 21.5 Å². The van der Waals surface area contributed by atoms with Crippen LogP contribution in [0.25, 0.3) is 0 Å². The number of carbonyl (C=O) groups excluding carboxylic acids is 1. The van der Waals surface area contributed by atoms with Gasteiger partial charge in [0.2, 0.25) is 0 Å². The highest BCUT2D eigenvalue weighted by Gasteiger charge is 2.25. The monoisotopic (exact) mass is 387 g/mol.